The topological polar surface area (TPSA) is 18.5 Å². The smallest absolute Gasteiger partial charge is 0.119 e. The molecule has 0 saturated heterocycles. The zero-order valence-corrected chi connectivity index (χ0v) is 14.3. The molecule has 0 aliphatic carbocycles. The van der Waals surface area contributed by atoms with Gasteiger partial charge in [0, 0.05) is 13.7 Å². The molecule has 2 aromatic rings. The van der Waals surface area contributed by atoms with Gasteiger partial charge in [-0.25, -0.2) is 0 Å². The fraction of sp³-hybridized carbons (Fsp3) is 0.500. The van der Waals surface area contributed by atoms with Crippen LogP contribution in [0, 0.1) is 0 Å². The van der Waals surface area contributed by atoms with E-state index < -0.39 is 0 Å². The third kappa shape index (κ3) is 4.74. The summed E-state index contributed by atoms with van der Waals surface area (Å²) in [6.07, 6.45) is 3.33. The number of rotatable bonds is 7. The minimum Gasteiger partial charge on any atom is -0.494 e. The van der Waals surface area contributed by atoms with Crippen molar-refractivity contribution in [3.8, 4) is 5.75 Å². The Balaban J connectivity index is 1.96. The number of fused-ring (bicyclic) bond motifs is 1. The van der Waals surface area contributed by atoms with Crippen molar-refractivity contribution in [3.63, 3.8) is 0 Å². The lowest BCUT2D eigenvalue weighted by Crippen LogP contribution is -2.10. The quantitative estimate of drug-likeness (QED) is 0.643. The lowest BCUT2D eigenvalue weighted by atomic mass is 9.86. The molecular formula is C20H28O2. The van der Waals surface area contributed by atoms with E-state index in [1.165, 1.54) is 16.3 Å². The van der Waals surface area contributed by atoms with E-state index in [9.17, 15) is 0 Å². The first-order chi connectivity index (χ1) is 10.5. The SMILES string of the molecule is COCCCCCOc1ccc2cc(C(C)(C)C)ccc2c1. The summed E-state index contributed by atoms with van der Waals surface area (Å²) in [7, 11) is 1.75. The Morgan fingerprint density at radius 3 is 2.23 bits per heavy atom. The minimum atomic E-state index is 0.186. The predicted octanol–water partition coefficient (Wildman–Crippen LogP) is 5.33. The maximum Gasteiger partial charge on any atom is 0.119 e. The molecule has 0 fully saturated rings. The molecule has 0 aliphatic rings. The molecule has 22 heavy (non-hydrogen) atoms. The number of unbranched alkanes of at least 4 members (excludes halogenated alkanes) is 2. The summed E-state index contributed by atoms with van der Waals surface area (Å²) in [5, 5.41) is 2.52. The number of hydrogen-bond acceptors (Lipinski definition) is 2. The maximum absolute atomic E-state index is 5.85. The van der Waals surface area contributed by atoms with Gasteiger partial charge in [0.05, 0.1) is 6.61 Å². The van der Waals surface area contributed by atoms with Crippen LogP contribution < -0.4 is 4.74 Å². The van der Waals surface area contributed by atoms with Crippen LogP contribution in [0.3, 0.4) is 0 Å². The highest BCUT2D eigenvalue weighted by atomic mass is 16.5. The Kier molecular flexibility index (Phi) is 5.84. The summed E-state index contributed by atoms with van der Waals surface area (Å²) in [5.41, 5.74) is 1.55. The van der Waals surface area contributed by atoms with E-state index >= 15 is 0 Å². The fourth-order valence-corrected chi connectivity index (χ4v) is 2.50. The van der Waals surface area contributed by atoms with Crippen LogP contribution in [0.2, 0.25) is 0 Å². The van der Waals surface area contributed by atoms with Crippen LogP contribution in [0.5, 0.6) is 5.75 Å². The van der Waals surface area contributed by atoms with Crippen LogP contribution in [0.4, 0.5) is 0 Å². The van der Waals surface area contributed by atoms with Gasteiger partial charge < -0.3 is 9.47 Å². The minimum absolute atomic E-state index is 0.186. The highest BCUT2D eigenvalue weighted by molar-refractivity contribution is 5.84. The highest BCUT2D eigenvalue weighted by Crippen LogP contribution is 2.28. The first-order valence-electron chi connectivity index (χ1n) is 8.17. The molecule has 0 unspecified atom stereocenters. The van der Waals surface area contributed by atoms with E-state index in [0.717, 1.165) is 38.2 Å². The molecule has 2 heteroatoms. The van der Waals surface area contributed by atoms with Crippen LogP contribution in [0.15, 0.2) is 36.4 Å². The van der Waals surface area contributed by atoms with Crippen molar-refractivity contribution in [2.45, 2.75) is 45.4 Å². The summed E-state index contributed by atoms with van der Waals surface area (Å²) in [6.45, 7) is 8.35. The second-order valence-electron chi connectivity index (χ2n) is 6.88. The van der Waals surface area contributed by atoms with E-state index in [4.69, 9.17) is 9.47 Å². The Hall–Kier alpha value is -1.54. The molecule has 2 nitrogen and oxygen atoms in total. The number of benzene rings is 2. The molecule has 0 heterocycles. The van der Waals surface area contributed by atoms with E-state index in [1.807, 2.05) is 0 Å². The van der Waals surface area contributed by atoms with Crippen LogP contribution in [-0.4, -0.2) is 20.3 Å². The molecule has 0 spiro atoms. The van der Waals surface area contributed by atoms with Gasteiger partial charge in [-0.2, -0.15) is 0 Å². The van der Waals surface area contributed by atoms with Crippen molar-refractivity contribution in [3.05, 3.63) is 42.0 Å². The molecule has 0 radical (unpaired) electrons. The van der Waals surface area contributed by atoms with Crippen molar-refractivity contribution in [2.75, 3.05) is 20.3 Å². The summed E-state index contributed by atoms with van der Waals surface area (Å²) < 4.78 is 10.9. The predicted molar refractivity (Wildman–Crippen MR) is 93.9 cm³/mol. The standard InChI is InChI=1S/C20H28O2/c1-20(2,3)18-10-8-17-15-19(11-9-16(17)14-18)22-13-7-5-6-12-21-4/h8-11,14-15H,5-7,12-13H2,1-4H3. The number of hydrogen-bond donors (Lipinski definition) is 0. The zero-order chi connectivity index (χ0) is 16.0. The summed E-state index contributed by atoms with van der Waals surface area (Å²) in [4.78, 5) is 0. The van der Waals surface area contributed by atoms with Gasteiger partial charge in [-0.3, -0.25) is 0 Å². The first-order valence-corrected chi connectivity index (χ1v) is 8.17. The van der Waals surface area contributed by atoms with E-state index in [0.29, 0.717) is 0 Å². The molecular weight excluding hydrogens is 272 g/mol. The highest BCUT2D eigenvalue weighted by Gasteiger charge is 2.13. The lowest BCUT2D eigenvalue weighted by Gasteiger charge is -2.19. The second-order valence-corrected chi connectivity index (χ2v) is 6.88. The monoisotopic (exact) mass is 300 g/mol. The van der Waals surface area contributed by atoms with Crippen molar-refractivity contribution in [1.82, 2.24) is 0 Å². The van der Waals surface area contributed by atoms with Crippen molar-refractivity contribution >= 4 is 10.8 Å². The molecule has 0 aliphatic heterocycles. The van der Waals surface area contributed by atoms with Crippen LogP contribution in [-0.2, 0) is 10.2 Å². The van der Waals surface area contributed by atoms with Gasteiger partial charge >= 0.3 is 0 Å². The van der Waals surface area contributed by atoms with Gasteiger partial charge in [-0.15, -0.1) is 0 Å². The average molecular weight is 300 g/mol. The fourth-order valence-electron chi connectivity index (χ4n) is 2.50. The van der Waals surface area contributed by atoms with Crippen LogP contribution in [0.25, 0.3) is 10.8 Å². The molecule has 0 aromatic heterocycles. The number of ether oxygens (including phenoxy) is 2. The third-order valence-electron chi connectivity index (χ3n) is 3.94. The normalized spacial score (nSPS) is 11.8. The second kappa shape index (κ2) is 7.64. The maximum atomic E-state index is 5.85. The Morgan fingerprint density at radius 1 is 0.818 bits per heavy atom. The third-order valence-corrected chi connectivity index (χ3v) is 3.94. The molecule has 2 aromatic carbocycles. The van der Waals surface area contributed by atoms with Gasteiger partial charge in [0.1, 0.15) is 5.75 Å². The summed E-state index contributed by atoms with van der Waals surface area (Å²) in [6, 6.07) is 13.1. The Labute approximate surface area is 134 Å². The lowest BCUT2D eigenvalue weighted by molar-refractivity contribution is 0.189. The molecule has 2 rings (SSSR count). The van der Waals surface area contributed by atoms with Gasteiger partial charge in [0.25, 0.3) is 0 Å². The zero-order valence-electron chi connectivity index (χ0n) is 14.3. The van der Waals surface area contributed by atoms with Crippen molar-refractivity contribution in [2.24, 2.45) is 0 Å². The summed E-state index contributed by atoms with van der Waals surface area (Å²) >= 11 is 0. The van der Waals surface area contributed by atoms with Gasteiger partial charge in [0.15, 0.2) is 0 Å². The molecule has 0 saturated carbocycles. The van der Waals surface area contributed by atoms with Gasteiger partial charge in [-0.1, -0.05) is 45.0 Å². The Bertz CT molecular complexity index is 596. The van der Waals surface area contributed by atoms with E-state index in [-0.39, 0.29) is 5.41 Å². The van der Waals surface area contributed by atoms with Crippen LogP contribution in [0.1, 0.15) is 45.6 Å². The average Bonchev–Trinajstić information content (AvgIpc) is 2.49. The first kappa shape index (κ1) is 16.8. The molecule has 0 atom stereocenters. The molecule has 0 amide bonds. The van der Waals surface area contributed by atoms with Gasteiger partial charge in [0.2, 0.25) is 0 Å². The summed E-state index contributed by atoms with van der Waals surface area (Å²) in [5.74, 6) is 0.961. The molecule has 120 valence electrons. The molecule has 0 N–H and O–H groups in total. The van der Waals surface area contributed by atoms with E-state index in [2.05, 4.69) is 57.2 Å². The Morgan fingerprint density at radius 2 is 1.50 bits per heavy atom. The van der Waals surface area contributed by atoms with Crippen LogP contribution >= 0.6 is 0 Å². The molecule has 0 bridgehead atoms. The number of methoxy groups -OCH3 is 1. The van der Waals surface area contributed by atoms with Gasteiger partial charge in [-0.05, 0) is 53.1 Å². The largest absolute Gasteiger partial charge is 0.494 e. The van der Waals surface area contributed by atoms with E-state index in [1.54, 1.807) is 7.11 Å². The van der Waals surface area contributed by atoms with Crippen molar-refractivity contribution < 1.29 is 9.47 Å². The van der Waals surface area contributed by atoms with Crippen molar-refractivity contribution in [1.29, 1.82) is 0 Å².